The summed E-state index contributed by atoms with van der Waals surface area (Å²) in [5.41, 5.74) is 0. The van der Waals surface area contributed by atoms with Crippen LogP contribution in [0.2, 0.25) is 0 Å². The minimum atomic E-state index is -0.537. The van der Waals surface area contributed by atoms with E-state index in [4.69, 9.17) is 4.42 Å². The first-order chi connectivity index (χ1) is 10.1. The van der Waals surface area contributed by atoms with Crippen molar-refractivity contribution < 1.29 is 14.0 Å². The molecule has 1 heterocycles. The fourth-order valence-electron chi connectivity index (χ4n) is 2.69. The molecule has 2 rings (SSSR count). The Kier molecular flexibility index (Phi) is 5.42. The van der Waals surface area contributed by atoms with Crippen molar-refractivity contribution in [3.63, 3.8) is 0 Å². The van der Waals surface area contributed by atoms with Crippen molar-refractivity contribution in [3.8, 4) is 0 Å². The van der Waals surface area contributed by atoms with Gasteiger partial charge >= 0.3 is 0 Å². The van der Waals surface area contributed by atoms with Crippen LogP contribution in [0.3, 0.4) is 0 Å². The molecule has 0 aliphatic heterocycles. The number of carbonyl (C=O) groups is 2. The summed E-state index contributed by atoms with van der Waals surface area (Å²) < 4.78 is 5.06. The van der Waals surface area contributed by atoms with Crippen LogP contribution in [0.4, 0.5) is 0 Å². The molecule has 116 valence electrons. The molecule has 1 atom stereocenters. The first-order valence-corrected chi connectivity index (χ1v) is 7.72. The van der Waals surface area contributed by atoms with Gasteiger partial charge in [-0.05, 0) is 30.9 Å². The summed E-state index contributed by atoms with van der Waals surface area (Å²) in [7, 11) is 0. The highest BCUT2D eigenvalue weighted by Crippen LogP contribution is 2.18. The average Bonchev–Trinajstić information content (AvgIpc) is 2.99. The van der Waals surface area contributed by atoms with E-state index < -0.39 is 6.04 Å². The Hall–Kier alpha value is -1.78. The highest BCUT2D eigenvalue weighted by molar-refractivity contribution is 5.95. The van der Waals surface area contributed by atoms with E-state index in [1.807, 2.05) is 13.8 Å². The molecule has 1 aromatic heterocycles. The zero-order valence-corrected chi connectivity index (χ0v) is 12.7. The number of rotatable bonds is 5. The van der Waals surface area contributed by atoms with Crippen LogP contribution < -0.4 is 10.6 Å². The first-order valence-electron chi connectivity index (χ1n) is 7.72. The van der Waals surface area contributed by atoms with Crippen molar-refractivity contribution in [3.05, 3.63) is 24.2 Å². The molecule has 2 N–H and O–H groups in total. The summed E-state index contributed by atoms with van der Waals surface area (Å²) in [4.78, 5) is 24.4. The maximum absolute atomic E-state index is 12.4. The van der Waals surface area contributed by atoms with Crippen molar-refractivity contribution in [2.45, 2.75) is 58.0 Å². The first kappa shape index (κ1) is 15.6. The van der Waals surface area contributed by atoms with E-state index >= 15 is 0 Å². The Bertz CT molecular complexity index is 462. The Balaban J connectivity index is 1.94. The summed E-state index contributed by atoms with van der Waals surface area (Å²) >= 11 is 0. The van der Waals surface area contributed by atoms with E-state index in [-0.39, 0.29) is 29.5 Å². The zero-order valence-electron chi connectivity index (χ0n) is 12.7. The molecule has 0 aromatic carbocycles. The van der Waals surface area contributed by atoms with Gasteiger partial charge in [-0.1, -0.05) is 33.1 Å². The van der Waals surface area contributed by atoms with Crippen LogP contribution in [0, 0.1) is 5.92 Å². The number of hydrogen-bond donors (Lipinski definition) is 2. The average molecular weight is 292 g/mol. The lowest BCUT2D eigenvalue weighted by Crippen LogP contribution is -2.52. The Morgan fingerprint density at radius 2 is 1.95 bits per heavy atom. The monoisotopic (exact) mass is 292 g/mol. The quantitative estimate of drug-likeness (QED) is 0.876. The number of nitrogens with one attached hydrogen (secondary N) is 2. The predicted molar refractivity (Wildman–Crippen MR) is 79.8 cm³/mol. The number of carbonyl (C=O) groups excluding carboxylic acids is 2. The molecule has 0 saturated heterocycles. The maximum Gasteiger partial charge on any atom is 0.287 e. The van der Waals surface area contributed by atoms with Gasteiger partial charge in [-0.15, -0.1) is 0 Å². The minimum absolute atomic E-state index is 0.0208. The van der Waals surface area contributed by atoms with E-state index in [1.54, 1.807) is 12.1 Å². The lowest BCUT2D eigenvalue weighted by Gasteiger charge is -2.27. The molecule has 2 amide bonds. The normalized spacial score (nSPS) is 17.5. The topological polar surface area (TPSA) is 71.3 Å². The van der Waals surface area contributed by atoms with Gasteiger partial charge in [0, 0.05) is 6.04 Å². The van der Waals surface area contributed by atoms with Gasteiger partial charge in [0.1, 0.15) is 6.04 Å². The largest absolute Gasteiger partial charge is 0.459 e. The maximum atomic E-state index is 12.4. The highest BCUT2D eigenvalue weighted by atomic mass is 16.3. The van der Waals surface area contributed by atoms with Crippen LogP contribution in [-0.2, 0) is 4.79 Å². The highest BCUT2D eigenvalue weighted by Gasteiger charge is 2.27. The molecule has 5 heteroatoms. The van der Waals surface area contributed by atoms with Gasteiger partial charge in [0.15, 0.2) is 5.76 Å². The molecular formula is C16H24N2O3. The molecule has 0 spiro atoms. The van der Waals surface area contributed by atoms with Crippen LogP contribution in [0.15, 0.2) is 22.8 Å². The fourth-order valence-corrected chi connectivity index (χ4v) is 2.69. The Morgan fingerprint density at radius 3 is 2.52 bits per heavy atom. The SMILES string of the molecule is CC(C)C(NC(=O)c1ccco1)C(=O)NC1CCCCC1. The number of hydrogen-bond acceptors (Lipinski definition) is 3. The summed E-state index contributed by atoms with van der Waals surface area (Å²) in [6.45, 7) is 3.85. The Labute approximate surface area is 125 Å². The van der Waals surface area contributed by atoms with Crippen molar-refractivity contribution in [2.75, 3.05) is 0 Å². The zero-order chi connectivity index (χ0) is 15.2. The van der Waals surface area contributed by atoms with Gasteiger partial charge in [0.25, 0.3) is 5.91 Å². The third kappa shape index (κ3) is 4.34. The molecule has 1 fully saturated rings. The van der Waals surface area contributed by atoms with Crippen LogP contribution >= 0.6 is 0 Å². The molecule has 1 unspecified atom stereocenters. The van der Waals surface area contributed by atoms with Gasteiger partial charge in [-0.2, -0.15) is 0 Å². The summed E-state index contributed by atoms with van der Waals surface area (Å²) in [6, 6.07) is 2.95. The molecule has 21 heavy (non-hydrogen) atoms. The second-order valence-corrected chi connectivity index (χ2v) is 6.02. The van der Waals surface area contributed by atoms with Gasteiger partial charge in [-0.25, -0.2) is 0 Å². The predicted octanol–water partition coefficient (Wildman–Crippen LogP) is 2.48. The van der Waals surface area contributed by atoms with Crippen molar-refractivity contribution in [1.29, 1.82) is 0 Å². The molecule has 0 radical (unpaired) electrons. The van der Waals surface area contributed by atoms with Crippen LogP contribution in [0.5, 0.6) is 0 Å². The van der Waals surface area contributed by atoms with Crippen molar-refractivity contribution >= 4 is 11.8 Å². The molecule has 1 saturated carbocycles. The van der Waals surface area contributed by atoms with E-state index in [9.17, 15) is 9.59 Å². The van der Waals surface area contributed by atoms with E-state index in [2.05, 4.69) is 10.6 Å². The molecule has 1 aliphatic carbocycles. The third-order valence-corrected chi connectivity index (χ3v) is 3.93. The minimum Gasteiger partial charge on any atom is -0.459 e. The van der Waals surface area contributed by atoms with Gasteiger partial charge in [0.05, 0.1) is 6.26 Å². The standard InChI is InChI=1S/C16H24N2O3/c1-11(2)14(18-15(19)13-9-6-10-21-13)16(20)17-12-7-4-3-5-8-12/h6,9-12,14H,3-5,7-8H2,1-2H3,(H,17,20)(H,18,19). The van der Waals surface area contributed by atoms with E-state index in [0.717, 1.165) is 25.7 Å². The van der Waals surface area contributed by atoms with Crippen molar-refractivity contribution in [1.82, 2.24) is 10.6 Å². The third-order valence-electron chi connectivity index (χ3n) is 3.93. The second-order valence-electron chi connectivity index (χ2n) is 6.02. The summed E-state index contributed by atoms with van der Waals surface area (Å²) in [5.74, 6) is -0.201. The molecule has 1 aliphatic rings. The molecule has 1 aromatic rings. The van der Waals surface area contributed by atoms with Crippen LogP contribution in [-0.4, -0.2) is 23.9 Å². The van der Waals surface area contributed by atoms with Gasteiger partial charge in [-0.3, -0.25) is 9.59 Å². The van der Waals surface area contributed by atoms with Crippen LogP contribution in [0.25, 0.3) is 0 Å². The van der Waals surface area contributed by atoms with Gasteiger partial charge in [0.2, 0.25) is 5.91 Å². The molecular weight excluding hydrogens is 268 g/mol. The second kappa shape index (κ2) is 7.29. The smallest absolute Gasteiger partial charge is 0.287 e. The van der Waals surface area contributed by atoms with Crippen molar-refractivity contribution in [2.24, 2.45) is 5.92 Å². The Morgan fingerprint density at radius 1 is 1.24 bits per heavy atom. The fraction of sp³-hybridized carbons (Fsp3) is 0.625. The van der Waals surface area contributed by atoms with E-state index in [0.29, 0.717) is 0 Å². The lowest BCUT2D eigenvalue weighted by molar-refractivity contribution is -0.124. The molecule has 0 bridgehead atoms. The lowest BCUT2D eigenvalue weighted by atomic mass is 9.94. The summed E-state index contributed by atoms with van der Waals surface area (Å²) in [5, 5.41) is 5.83. The number of furan rings is 1. The molecule has 5 nitrogen and oxygen atoms in total. The van der Waals surface area contributed by atoms with E-state index in [1.165, 1.54) is 12.7 Å². The number of amides is 2. The van der Waals surface area contributed by atoms with Crippen LogP contribution in [0.1, 0.15) is 56.5 Å². The summed E-state index contributed by atoms with van der Waals surface area (Å²) in [6.07, 6.45) is 7.08. The van der Waals surface area contributed by atoms with Gasteiger partial charge < -0.3 is 15.1 Å².